The van der Waals surface area contributed by atoms with Gasteiger partial charge in [-0.1, -0.05) is 77.6 Å². The molecule has 2 heterocycles. The standard InChI is InChI=1S/C26H41NO8/c1-2-3-4-5-6-7-8-9-10-11-12-13-17-33-23-18-21(28)24(35-23)26(32)34-19-22(29)27-16-14-15-20(27)25(30)31/h18,20,24H,2-17,19H2,1H3,(H,30,31). The Kier molecular flexibility index (Phi) is 13.2. The van der Waals surface area contributed by atoms with Crippen molar-refractivity contribution in [1.82, 2.24) is 4.90 Å². The van der Waals surface area contributed by atoms with Gasteiger partial charge >= 0.3 is 11.9 Å². The maximum atomic E-state index is 12.2. The van der Waals surface area contributed by atoms with E-state index in [1.807, 2.05) is 0 Å². The molecule has 35 heavy (non-hydrogen) atoms. The molecule has 2 unspecified atom stereocenters. The molecule has 0 saturated carbocycles. The van der Waals surface area contributed by atoms with Gasteiger partial charge in [-0.15, -0.1) is 0 Å². The summed E-state index contributed by atoms with van der Waals surface area (Å²) in [4.78, 5) is 48.8. The highest BCUT2D eigenvalue weighted by Gasteiger charge is 2.38. The van der Waals surface area contributed by atoms with Crippen LogP contribution in [0, 0.1) is 0 Å². The molecule has 0 aromatic rings. The van der Waals surface area contributed by atoms with Crippen LogP contribution in [0.25, 0.3) is 0 Å². The zero-order valence-electron chi connectivity index (χ0n) is 21.0. The van der Waals surface area contributed by atoms with Crippen LogP contribution in [0.1, 0.15) is 96.8 Å². The summed E-state index contributed by atoms with van der Waals surface area (Å²) in [5, 5.41) is 9.15. The van der Waals surface area contributed by atoms with Gasteiger partial charge in [-0.2, -0.15) is 0 Å². The van der Waals surface area contributed by atoms with Crippen molar-refractivity contribution in [3.05, 3.63) is 12.0 Å². The van der Waals surface area contributed by atoms with Gasteiger partial charge in [0.05, 0.1) is 12.7 Å². The highest BCUT2D eigenvalue weighted by atomic mass is 16.7. The fraction of sp³-hybridized carbons (Fsp3) is 0.769. The number of carbonyl (C=O) groups is 4. The van der Waals surface area contributed by atoms with E-state index in [0.717, 1.165) is 25.3 Å². The number of rotatable bonds is 18. The minimum atomic E-state index is -1.49. The Morgan fingerprint density at radius 2 is 1.60 bits per heavy atom. The van der Waals surface area contributed by atoms with Gasteiger partial charge in [0.2, 0.25) is 5.78 Å². The normalized spacial score (nSPS) is 19.4. The number of ketones is 1. The zero-order valence-corrected chi connectivity index (χ0v) is 21.0. The summed E-state index contributed by atoms with van der Waals surface area (Å²) < 4.78 is 15.6. The molecule has 2 rings (SSSR count). The van der Waals surface area contributed by atoms with Crippen molar-refractivity contribution in [1.29, 1.82) is 0 Å². The monoisotopic (exact) mass is 495 g/mol. The molecule has 0 aromatic carbocycles. The van der Waals surface area contributed by atoms with Gasteiger partial charge in [0, 0.05) is 6.54 Å². The smallest absolute Gasteiger partial charge is 0.356 e. The van der Waals surface area contributed by atoms with E-state index in [2.05, 4.69) is 6.92 Å². The van der Waals surface area contributed by atoms with Crippen LogP contribution in [0.15, 0.2) is 12.0 Å². The van der Waals surface area contributed by atoms with E-state index in [9.17, 15) is 19.2 Å². The second kappa shape index (κ2) is 16.2. The number of hydrogen-bond acceptors (Lipinski definition) is 7. The predicted molar refractivity (Wildman–Crippen MR) is 128 cm³/mol. The Balaban J connectivity index is 1.51. The molecule has 1 saturated heterocycles. The molecule has 0 aliphatic carbocycles. The van der Waals surface area contributed by atoms with E-state index in [-0.39, 0.29) is 5.95 Å². The number of unbranched alkanes of at least 4 members (excludes halogenated alkanes) is 11. The first kappa shape index (κ1) is 28.7. The van der Waals surface area contributed by atoms with Gasteiger partial charge in [-0.3, -0.25) is 9.59 Å². The number of aliphatic carboxylic acids is 1. The average Bonchev–Trinajstić information content (AvgIpc) is 3.47. The third-order valence-electron chi connectivity index (χ3n) is 6.40. The summed E-state index contributed by atoms with van der Waals surface area (Å²) in [6.07, 6.45) is 15.4. The first-order valence-electron chi connectivity index (χ1n) is 13.2. The lowest BCUT2D eigenvalue weighted by Gasteiger charge is -2.21. The van der Waals surface area contributed by atoms with Crippen LogP contribution >= 0.6 is 0 Å². The van der Waals surface area contributed by atoms with Crippen LogP contribution in [0.2, 0.25) is 0 Å². The molecule has 1 N–H and O–H groups in total. The van der Waals surface area contributed by atoms with Gasteiger partial charge in [-0.05, 0) is 19.3 Å². The summed E-state index contributed by atoms with van der Waals surface area (Å²) in [6, 6.07) is -0.910. The zero-order chi connectivity index (χ0) is 25.5. The maximum Gasteiger partial charge on any atom is 0.356 e. The molecule has 9 nitrogen and oxygen atoms in total. The Labute approximate surface area is 208 Å². The van der Waals surface area contributed by atoms with Crippen molar-refractivity contribution in [2.24, 2.45) is 0 Å². The van der Waals surface area contributed by atoms with Crippen LogP contribution in [0.3, 0.4) is 0 Å². The topological polar surface area (TPSA) is 119 Å². The van der Waals surface area contributed by atoms with Crippen LogP contribution < -0.4 is 0 Å². The van der Waals surface area contributed by atoms with E-state index in [1.165, 1.54) is 62.7 Å². The Morgan fingerprint density at radius 1 is 1.00 bits per heavy atom. The number of likely N-dealkylation sites (tertiary alicyclic amines) is 1. The molecule has 0 spiro atoms. The lowest BCUT2D eigenvalue weighted by molar-refractivity contribution is -0.164. The number of ether oxygens (including phenoxy) is 3. The molecule has 0 radical (unpaired) electrons. The second-order valence-corrected chi connectivity index (χ2v) is 9.29. The van der Waals surface area contributed by atoms with Gasteiger partial charge in [0.15, 0.2) is 6.61 Å². The largest absolute Gasteiger partial charge is 0.480 e. The minimum absolute atomic E-state index is 0.0168. The number of nitrogens with zero attached hydrogens (tertiary/aromatic N) is 1. The lowest BCUT2D eigenvalue weighted by Crippen LogP contribution is -2.43. The second-order valence-electron chi connectivity index (χ2n) is 9.29. The third-order valence-corrected chi connectivity index (χ3v) is 6.40. The van der Waals surface area contributed by atoms with Gasteiger partial charge < -0.3 is 24.2 Å². The molecular formula is C26H41NO8. The predicted octanol–water partition coefficient (Wildman–Crippen LogP) is 4.13. The van der Waals surface area contributed by atoms with Crippen molar-refractivity contribution in [2.45, 2.75) is 109 Å². The van der Waals surface area contributed by atoms with E-state index < -0.39 is 42.4 Å². The van der Waals surface area contributed by atoms with Crippen LogP contribution in [0.4, 0.5) is 0 Å². The Bertz CT molecular complexity index is 735. The fourth-order valence-corrected chi connectivity index (χ4v) is 4.37. The number of carboxylic acid groups (broad SMARTS) is 1. The minimum Gasteiger partial charge on any atom is -0.480 e. The molecule has 0 aromatic heterocycles. The van der Waals surface area contributed by atoms with Crippen molar-refractivity contribution < 1.29 is 38.5 Å². The number of esters is 1. The highest BCUT2D eigenvalue weighted by Crippen LogP contribution is 2.20. The SMILES string of the molecule is CCCCCCCCCCCCCCOC1=CC(=O)C(C(=O)OCC(=O)N2CCCC2C(=O)O)O1. The van der Waals surface area contributed by atoms with Crippen LogP contribution in [-0.4, -0.2) is 65.5 Å². The Morgan fingerprint density at radius 3 is 2.20 bits per heavy atom. The molecule has 1 fully saturated rings. The molecule has 2 aliphatic heterocycles. The van der Waals surface area contributed by atoms with E-state index in [4.69, 9.17) is 19.3 Å². The first-order valence-corrected chi connectivity index (χ1v) is 13.2. The lowest BCUT2D eigenvalue weighted by atomic mass is 10.1. The summed E-state index contributed by atoms with van der Waals surface area (Å²) in [5.74, 6) is -3.30. The van der Waals surface area contributed by atoms with Crippen molar-refractivity contribution in [3.8, 4) is 0 Å². The summed E-state index contributed by atoms with van der Waals surface area (Å²) in [6.45, 7) is 2.29. The van der Waals surface area contributed by atoms with E-state index in [0.29, 0.717) is 26.0 Å². The average molecular weight is 496 g/mol. The van der Waals surface area contributed by atoms with Crippen molar-refractivity contribution >= 4 is 23.6 Å². The van der Waals surface area contributed by atoms with E-state index in [1.54, 1.807) is 0 Å². The van der Waals surface area contributed by atoms with Crippen molar-refractivity contribution in [2.75, 3.05) is 19.8 Å². The fourth-order valence-electron chi connectivity index (χ4n) is 4.37. The molecule has 2 aliphatic rings. The number of hydrogen-bond donors (Lipinski definition) is 1. The summed E-state index contributed by atoms with van der Waals surface area (Å²) >= 11 is 0. The van der Waals surface area contributed by atoms with Crippen LogP contribution in [-0.2, 0) is 33.4 Å². The highest BCUT2D eigenvalue weighted by molar-refractivity contribution is 6.09. The molecule has 198 valence electrons. The molecule has 0 bridgehead atoms. The Hall–Kier alpha value is -2.58. The van der Waals surface area contributed by atoms with Crippen molar-refractivity contribution in [3.63, 3.8) is 0 Å². The molecule has 1 amide bonds. The maximum absolute atomic E-state index is 12.2. The molecular weight excluding hydrogens is 454 g/mol. The quantitative estimate of drug-likeness (QED) is 0.171. The van der Waals surface area contributed by atoms with Gasteiger partial charge in [-0.25, -0.2) is 9.59 Å². The molecule has 9 heteroatoms. The van der Waals surface area contributed by atoms with Gasteiger partial charge in [0.25, 0.3) is 18.0 Å². The first-order chi connectivity index (χ1) is 16.9. The number of amides is 1. The summed E-state index contributed by atoms with van der Waals surface area (Å²) in [5.41, 5.74) is 0. The number of carboxylic acids is 1. The van der Waals surface area contributed by atoms with Gasteiger partial charge in [0.1, 0.15) is 6.04 Å². The number of carbonyl (C=O) groups excluding carboxylic acids is 3. The third kappa shape index (κ3) is 10.3. The summed E-state index contributed by atoms with van der Waals surface area (Å²) in [7, 11) is 0. The molecule has 2 atom stereocenters. The van der Waals surface area contributed by atoms with Crippen LogP contribution in [0.5, 0.6) is 0 Å². The van der Waals surface area contributed by atoms with E-state index >= 15 is 0 Å².